The zero-order valence-electron chi connectivity index (χ0n) is 11.3. The number of amides is 1. The van der Waals surface area contributed by atoms with Crippen LogP contribution in [-0.4, -0.2) is 27.8 Å². The smallest absolute Gasteiger partial charge is 0.266 e. The number of aliphatic hydroxyl groups excluding tert-OH is 1. The summed E-state index contributed by atoms with van der Waals surface area (Å²) >= 11 is 1.27. The van der Waals surface area contributed by atoms with Crippen LogP contribution >= 0.6 is 11.3 Å². The molecular weight excluding hydrogens is 290 g/mol. The summed E-state index contributed by atoms with van der Waals surface area (Å²) in [5.41, 5.74) is 0.575. The Balaban J connectivity index is 2.13. The number of rotatable bonds is 3. The van der Waals surface area contributed by atoms with Gasteiger partial charge in [-0.25, -0.2) is 5.10 Å². The molecule has 0 aliphatic rings. The minimum atomic E-state index is -0.332. The zero-order valence-corrected chi connectivity index (χ0v) is 12.1. The molecule has 0 aliphatic carbocycles. The summed E-state index contributed by atoms with van der Waals surface area (Å²) in [5, 5.41) is 17.2. The predicted octanol–water partition coefficient (Wildman–Crippen LogP) is 1.13. The molecule has 0 saturated carbocycles. The predicted molar refractivity (Wildman–Crippen MR) is 80.4 cm³/mol. The molecule has 0 radical (unpaired) electrons. The van der Waals surface area contributed by atoms with Crippen molar-refractivity contribution in [2.75, 3.05) is 11.9 Å². The van der Waals surface area contributed by atoms with E-state index >= 15 is 0 Å². The molecule has 0 atom stereocenters. The van der Waals surface area contributed by atoms with Gasteiger partial charge in [0, 0.05) is 12.5 Å². The van der Waals surface area contributed by atoms with Gasteiger partial charge in [-0.15, -0.1) is 11.3 Å². The second-order valence-electron chi connectivity index (χ2n) is 4.16. The molecule has 0 aliphatic heterocycles. The number of nitrogens with zero attached hydrogens (tertiary/aromatic N) is 1. The molecule has 2 aromatic rings. The van der Waals surface area contributed by atoms with Crippen LogP contribution in [0.1, 0.15) is 26.5 Å². The highest BCUT2D eigenvalue weighted by molar-refractivity contribution is 7.14. The average molecular weight is 303 g/mol. The van der Waals surface area contributed by atoms with Crippen LogP contribution in [0, 0.1) is 18.8 Å². The first-order chi connectivity index (χ1) is 10.1. The van der Waals surface area contributed by atoms with Gasteiger partial charge in [0.1, 0.15) is 0 Å². The Hall–Kier alpha value is -2.43. The number of anilines is 1. The van der Waals surface area contributed by atoms with Crippen molar-refractivity contribution in [3.63, 3.8) is 0 Å². The van der Waals surface area contributed by atoms with E-state index in [1.54, 1.807) is 6.07 Å². The lowest BCUT2D eigenvalue weighted by Gasteiger charge is -2.00. The highest BCUT2D eigenvalue weighted by atomic mass is 32.1. The Morgan fingerprint density at radius 2 is 2.33 bits per heavy atom. The summed E-state index contributed by atoms with van der Waals surface area (Å²) in [4.78, 5) is 24.3. The maximum Gasteiger partial charge on any atom is 0.266 e. The number of thiophene rings is 1. The van der Waals surface area contributed by atoms with E-state index in [1.165, 1.54) is 23.5 Å². The molecule has 3 N–H and O–H groups in total. The van der Waals surface area contributed by atoms with E-state index in [-0.39, 0.29) is 23.9 Å². The molecule has 0 unspecified atom stereocenters. The molecule has 6 nitrogen and oxygen atoms in total. The zero-order chi connectivity index (χ0) is 15.2. The normalized spacial score (nSPS) is 9.81. The van der Waals surface area contributed by atoms with E-state index in [2.05, 4.69) is 27.4 Å². The number of H-pyrrole nitrogens is 1. The second-order valence-corrected chi connectivity index (χ2v) is 5.21. The summed E-state index contributed by atoms with van der Waals surface area (Å²) in [6, 6.07) is 4.46. The van der Waals surface area contributed by atoms with Gasteiger partial charge in [0.05, 0.1) is 16.4 Å². The van der Waals surface area contributed by atoms with E-state index in [9.17, 15) is 9.59 Å². The van der Waals surface area contributed by atoms with Gasteiger partial charge in [-0.05, 0) is 24.6 Å². The fraction of sp³-hybridized carbons (Fsp3) is 0.214. The molecule has 7 heteroatoms. The molecule has 1 amide bonds. The largest absolute Gasteiger partial charge is 0.395 e. The minimum absolute atomic E-state index is 0.0165. The van der Waals surface area contributed by atoms with E-state index in [1.807, 2.05) is 6.92 Å². The van der Waals surface area contributed by atoms with Crippen LogP contribution < -0.4 is 10.9 Å². The van der Waals surface area contributed by atoms with Gasteiger partial charge >= 0.3 is 0 Å². The van der Waals surface area contributed by atoms with Crippen molar-refractivity contribution in [2.45, 2.75) is 13.3 Å². The third-order valence-corrected chi connectivity index (χ3v) is 3.65. The number of carbonyl (C=O) groups excluding carboxylic acids is 1. The number of hydrogen-bond acceptors (Lipinski definition) is 5. The van der Waals surface area contributed by atoms with Crippen molar-refractivity contribution in [1.82, 2.24) is 10.2 Å². The summed E-state index contributed by atoms with van der Waals surface area (Å²) in [5.74, 6) is 5.72. The molecule has 21 heavy (non-hydrogen) atoms. The number of aromatic amines is 1. The van der Waals surface area contributed by atoms with Crippen LogP contribution in [0.2, 0.25) is 0 Å². The molecule has 0 saturated heterocycles. The van der Waals surface area contributed by atoms with Gasteiger partial charge in [0.25, 0.3) is 11.5 Å². The van der Waals surface area contributed by atoms with Gasteiger partial charge in [0.15, 0.2) is 5.82 Å². The molecule has 0 bridgehead atoms. The van der Waals surface area contributed by atoms with E-state index in [4.69, 9.17) is 5.11 Å². The van der Waals surface area contributed by atoms with Crippen molar-refractivity contribution in [3.05, 3.63) is 43.9 Å². The van der Waals surface area contributed by atoms with Crippen molar-refractivity contribution in [3.8, 4) is 11.8 Å². The highest BCUT2D eigenvalue weighted by Gasteiger charge is 2.12. The molecule has 2 rings (SSSR count). The van der Waals surface area contributed by atoms with E-state index in [0.717, 1.165) is 10.4 Å². The summed E-state index contributed by atoms with van der Waals surface area (Å²) < 4.78 is 0. The topological polar surface area (TPSA) is 95.1 Å². The summed E-state index contributed by atoms with van der Waals surface area (Å²) in [6.45, 7) is 1.89. The number of carbonyl (C=O) groups is 1. The van der Waals surface area contributed by atoms with E-state index < -0.39 is 0 Å². The van der Waals surface area contributed by atoms with Gasteiger partial charge in [-0.2, -0.15) is 5.10 Å². The van der Waals surface area contributed by atoms with Crippen molar-refractivity contribution < 1.29 is 9.90 Å². The van der Waals surface area contributed by atoms with Crippen LogP contribution in [0.5, 0.6) is 0 Å². The SMILES string of the molecule is Cc1cc(C(=O)Nc2ccc(=O)[nH]n2)sc1C#CCCO. The van der Waals surface area contributed by atoms with E-state index in [0.29, 0.717) is 11.3 Å². The first-order valence-electron chi connectivity index (χ1n) is 6.17. The van der Waals surface area contributed by atoms with Crippen LogP contribution in [0.4, 0.5) is 5.82 Å². The molecule has 0 spiro atoms. The number of aryl methyl sites for hydroxylation is 1. The highest BCUT2D eigenvalue weighted by Crippen LogP contribution is 2.21. The van der Waals surface area contributed by atoms with Crippen LogP contribution in [-0.2, 0) is 0 Å². The monoisotopic (exact) mass is 303 g/mol. The number of aromatic nitrogens is 2. The Morgan fingerprint density at radius 3 is 3.00 bits per heavy atom. The first kappa shape index (κ1) is 15.0. The van der Waals surface area contributed by atoms with Crippen LogP contribution in [0.3, 0.4) is 0 Å². The first-order valence-corrected chi connectivity index (χ1v) is 6.99. The Morgan fingerprint density at radius 1 is 1.52 bits per heavy atom. The molecule has 2 heterocycles. The Labute approximate surface area is 124 Å². The molecule has 0 aromatic carbocycles. The molecule has 108 valence electrons. The summed E-state index contributed by atoms with van der Waals surface area (Å²) in [7, 11) is 0. The molecular formula is C14H13N3O3S. The number of nitrogens with one attached hydrogen (secondary N) is 2. The van der Waals surface area contributed by atoms with Crippen LogP contribution in [0.25, 0.3) is 0 Å². The quantitative estimate of drug-likeness (QED) is 0.741. The lowest BCUT2D eigenvalue weighted by atomic mass is 10.2. The maximum atomic E-state index is 12.1. The van der Waals surface area contributed by atoms with Crippen molar-refractivity contribution >= 4 is 23.1 Å². The second kappa shape index (κ2) is 6.83. The van der Waals surface area contributed by atoms with Gasteiger partial charge in [-0.3, -0.25) is 9.59 Å². The van der Waals surface area contributed by atoms with Crippen molar-refractivity contribution in [2.24, 2.45) is 0 Å². The fourth-order valence-electron chi connectivity index (χ4n) is 1.51. The third-order valence-electron chi connectivity index (χ3n) is 2.50. The van der Waals surface area contributed by atoms with Gasteiger partial charge in [0.2, 0.25) is 0 Å². The maximum absolute atomic E-state index is 12.1. The third kappa shape index (κ3) is 4.02. The Bertz CT molecular complexity index is 747. The lowest BCUT2D eigenvalue weighted by Crippen LogP contribution is -2.14. The summed E-state index contributed by atoms with van der Waals surface area (Å²) in [6.07, 6.45) is 0.403. The molecule has 2 aromatic heterocycles. The number of hydrogen-bond donors (Lipinski definition) is 3. The Kier molecular flexibility index (Phi) is 4.87. The van der Waals surface area contributed by atoms with Crippen LogP contribution in [0.15, 0.2) is 23.0 Å². The van der Waals surface area contributed by atoms with Gasteiger partial charge < -0.3 is 10.4 Å². The number of aliphatic hydroxyl groups is 1. The van der Waals surface area contributed by atoms with Gasteiger partial charge in [-0.1, -0.05) is 11.8 Å². The standard InChI is InChI=1S/C14H13N3O3S/c1-9-8-11(21-10(9)4-2-3-7-18)14(20)15-12-5-6-13(19)17-16-12/h5-6,8,18H,3,7H2,1H3,(H,17,19)(H,15,16,20). The molecule has 0 fully saturated rings. The van der Waals surface area contributed by atoms with Crippen molar-refractivity contribution in [1.29, 1.82) is 0 Å². The fourth-order valence-corrected chi connectivity index (χ4v) is 2.45. The average Bonchev–Trinajstić information content (AvgIpc) is 2.83. The lowest BCUT2D eigenvalue weighted by molar-refractivity contribution is 0.103. The minimum Gasteiger partial charge on any atom is -0.395 e.